The van der Waals surface area contributed by atoms with Crippen LogP contribution in [0.2, 0.25) is 0 Å². The summed E-state index contributed by atoms with van der Waals surface area (Å²) in [4.78, 5) is 24.7. The SMILES string of the molecule is CC(C)(CCCS(=O)CCCS(=O)CCCC(C)(C)C(=O)Oc1ccccc1)CC(=O)Oc1ccccc1. The largest absolute Gasteiger partial charge is 0.427 e. The van der Waals surface area contributed by atoms with Gasteiger partial charge in [-0.3, -0.25) is 18.0 Å². The summed E-state index contributed by atoms with van der Waals surface area (Å²) in [6.07, 6.45) is 3.73. The molecule has 2 unspecified atom stereocenters. The Kier molecular flexibility index (Phi) is 13.4. The maximum atomic E-state index is 12.5. The van der Waals surface area contributed by atoms with E-state index in [2.05, 4.69) is 0 Å². The predicted molar refractivity (Wildman–Crippen MR) is 155 cm³/mol. The molecular formula is C30H42O6S2. The fraction of sp³-hybridized carbons (Fsp3) is 0.533. The quantitative estimate of drug-likeness (QED) is 0.171. The van der Waals surface area contributed by atoms with Gasteiger partial charge in [0.1, 0.15) is 11.5 Å². The summed E-state index contributed by atoms with van der Waals surface area (Å²) in [5, 5.41) is 0. The van der Waals surface area contributed by atoms with E-state index >= 15 is 0 Å². The summed E-state index contributed by atoms with van der Waals surface area (Å²) < 4.78 is 35.7. The molecule has 0 saturated heterocycles. The van der Waals surface area contributed by atoms with Crippen LogP contribution < -0.4 is 9.47 Å². The van der Waals surface area contributed by atoms with Gasteiger partial charge < -0.3 is 9.47 Å². The molecule has 2 aromatic carbocycles. The molecule has 210 valence electrons. The van der Waals surface area contributed by atoms with E-state index in [0.717, 1.165) is 12.8 Å². The van der Waals surface area contributed by atoms with Gasteiger partial charge in [-0.1, -0.05) is 50.2 Å². The van der Waals surface area contributed by atoms with Gasteiger partial charge in [0.25, 0.3) is 0 Å². The van der Waals surface area contributed by atoms with Gasteiger partial charge in [-0.05, 0) is 75.6 Å². The Hall–Kier alpha value is -2.32. The van der Waals surface area contributed by atoms with Crippen LogP contribution in [0.1, 0.15) is 66.2 Å². The van der Waals surface area contributed by atoms with Crippen molar-refractivity contribution in [3.63, 3.8) is 0 Å². The van der Waals surface area contributed by atoms with E-state index < -0.39 is 27.0 Å². The second kappa shape index (κ2) is 15.9. The van der Waals surface area contributed by atoms with Gasteiger partial charge in [0, 0.05) is 44.6 Å². The molecule has 0 radical (unpaired) electrons. The van der Waals surface area contributed by atoms with E-state index in [9.17, 15) is 18.0 Å². The minimum Gasteiger partial charge on any atom is -0.427 e. The minimum atomic E-state index is -1.00. The lowest BCUT2D eigenvalue weighted by atomic mass is 9.85. The van der Waals surface area contributed by atoms with Crippen LogP contribution in [0, 0.1) is 10.8 Å². The fourth-order valence-electron chi connectivity index (χ4n) is 3.94. The highest BCUT2D eigenvalue weighted by Gasteiger charge is 2.29. The highest BCUT2D eigenvalue weighted by molar-refractivity contribution is 7.85. The topological polar surface area (TPSA) is 86.7 Å². The Morgan fingerprint density at radius 3 is 1.63 bits per heavy atom. The highest BCUT2D eigenvalue weighted by Crippen LogP contribution is 2.28. The molecule has 0 N–H and O–H groups in total. The van der Waals surface area contributed by atoms with Crippen molar-refractivity contribution in [2.45, 2.75) is 66.2 Å². The van der Waals surface area contributed by atoms with Crippen molar-refractivity contribution in [1.82, 2.24) is 0 Å². The van der Waals surface area contributed by atoms with Gasteiger partial charge in [-0.15, -0.1) is 0 Å². The molecule has 0 spiro atoms. The molecule has 0 heterocycles. The van der Waals surface area contributed by atoms with Crippen molar-refractivity contribution < 1.29 is 27.5 Å². The lowest BCUT2D eigenvalue weighted by Crippen LogP contribution is -2.29. The molecule has 0 aliphatic carbocycles. The number of rotatable bonds is 17. The molecule has 2 aromatic rings. The Bertz CT molecular complexity index is 1050. The standard InChI is InChI=1S/C30H42O6S2/c1-29(2,24-27(31)35-25-14-7-5-8-15-25)18-11-20-37(33)22-13-23-38(34)21-12-19-30(3,4)28(32)36-26-16-9-6-10-17-26/h5-10,14-17H,11-13,18-24H2,1-4H3. The second-order valence-corrected chi connectivity index (χ2v) is 14.4. The maximum Gasteiger partial charge on any atom is 0.316 e. The second-order valence-electron chi connectivity index (χ2n) is 11.0. The van der Waals surface area contributed by atoms with Crippen molar-refractivity contribution in [1.29, 1.82) is 0 Å². The summed E-state index contributed by atoms with van der Waals surface area (Å²) in [6, 6.07) is 18.0. The first-order valence-corrected chi connectivity index (χ1v) is 16.2. The summed E-state index contributed by atoms with van der Waals surface area (Å²) in [5.74, 6) is 2.64. The van der Waals surface area contributed by atoms with Gasteiger partial charge in [0.15, 0.2) is 0 Å². The molecule has 38 heavy (non-hydrogen) atoms. The molecule has 6 nitrogen and oxygen atoms in total. The first-order valence-electron chi connectivity index (χ1n) is 13.2. The Labute approximate surface area is 232 Å². The molecule has 0 fully saturated rings. The Morgan fingerprint density at radius 2 is 1.11 bits per heavy atom. The van der Waals surface area contributed by atoms with Crippen LogP contribution in [-0.4, -0.2) is 43.4 Å². The lowest BCUT2D eigenvalue weighted by Gasteiger charge is -2.23. The minimum absolute atomic E-state index is 0.237. The van der Waals surface area contributed by atoms with Gasteiger partial charge in [0.05, 0.1) is 11.8 Å². The Balaban J connectivity index is 1.57. The normalized spacial score (nSPS) is 13.5. The number of carbonyl (C=O) groups is 2. The molecular weight excluding hydrogens is 520 g/mol. The predicted octanol–water partition coefficient (Wildman–Crippen LogP) is 6.09. The molecule has 8 heteroatoms. The number of benzene rings is 2. The maximum absolute atomic E-state index is 12.5. The van der Waals surface area contributed by atoms with E-state index in [4.69, 9.17) is 9.47 Å². The lowest BCUT2D eigenvalue weighted by molar-refractivity contribution is -0.144. The number of para-hydroxylation sites is 2. The van der Waals surface area contributed by atoms with E-state index in [1.807, 2.05) is 64.1 Å². The number of hydrogen-bond acceptors (Lipinski definition) is 6. The van der Waals surface area contributed by atoms with Crippen LogP contribution in [-0.2, 0) is 31.2 Å². The van der Waals surface area contributed by atoms with Crippen molar-refractivity contribution in [3.05, 3.63) is 60.7 Å². The molecule has 0 saturated carbocycles. The third-order valence-corrected chi connectivity index (χ3v) is 9.22. The van der Waals surface area contributed by atoms with Crippen molar-refractivity contribution >= 4 is 33.5 Å². The van der Waals surface area contributed by atoms with Gasteiger partial charge in [-0.2, -0.15) is 0 Å². The number of hydrogen-bond donors (Lipinski definition) is 0. The fourth-order valence-corrected chi connectivity index (χ4v) is 6.40. The molecule has 0 aliphatic heterocycles. The summed E-state index contributed by atoms with van der Waals surface area (Å²) in [7, 11) is -1.98. The number of carbonyl (C=O) groups excluding carboxylic acids is 2. The third kappa shape index (κ3) is 13.0. The Morgan fingerprint density at radius 1 is 0.658 bits per heavy atom. The summed E-state index contributed by atoms with van der Waals surface area (Å²) in [6.45, 7) is 7.73. The van der Waals surface area contributed by atoms with E-state index in [0.29, 0.717) is 60.2 Å². The molecule has 0 amide bonds. The van der Waals surface area contributed by atoms with Crippen LogP contribution in [0.5, 0.6) is 11.5 Å². The van der Waals surface area contributed by atoms with Crippen LogP contribution in [0.4, 0.5) is 0 Å². The first-order chi connectivity index (χ1) is 18.0. The van der Waals surface area contributed by atoms with E-state index in [1.54, 1.807) is 24.3 Å². The zero-order valence-corrected chi connectivity index (χ0v) is 24.7. The highest BCUT2D eigenvalue weighted by atomic mass is 32.2. The molecule has 0 bridgehead atoms. The average Bonchev–Trinajstić information content (AvgIpc) is 2.84. The molecule has 0 aliphatic rings. The van der Waals surface area contributed by atoms with Crippen LogP contribution >= 0.6 is 0 Å². The monoisotopic (exact) mass is 562 g/mol. The molecule has 0 aromatic heterocycles. The molecule has 2 rings (SSSR count). The number of ether oxygens (including phenoxy) is 2. The van der Waals surface area contributed by atoms with E-state index in [-0.39, 0.29) is 17.4 Å². The van der Waals surface area contributed by atoms with Crippen LogP contribution in [0.3, 0.4) is 0 Å². The van der Waals surface area contributed by atoms with Gasteiger partial charge in [-0.25, -0.2) is 0 Å². The van der Waals surface area contributed by atoms with Crippen molar-refractivity contribution in [2.24, 2.45) is 10.8 Å². The number of esters is 2. The van der Waals surface area contributed by atoms with Gasteiger partial charge in [0.2, 0.25) is 0 Å². The summed E-state index contributed by atoms with van der Waals surface area (Å²) >= 11 is 0. The third-order valence-electron chi connectivity index (χ3n) is 6.25. The van der Waals surface area contributed by atoms with Crippen molar-refractivity contribution in [2.75, 3.05) is 23.0 Å². The van der Waals surface area contributed by atoms with Crippen molar-refractivity contribution in [3.8, 4) is 11.5 Å². The first kappa shape index (κ1) is 31.9. The van der Waals surface area contributed by atoms with Gasteiger partial charge >= 0.3 is 11.9 Å². The average molecular weight is 563 g/mol. The van der Waals surface area contributed by atoms with E-state index in [1.165, 1.54) is 0 Å². The smallest absolute Gasteiger partial charge is 0.316 e. The zero-order valence-electron chi connectivity index (χ0n) is 23.1. The van der Waals surface area contributed by atoms with Crippen LogP contribution in [0.25, 0.3) is 0 Å². The zero-order chi connectivity index (χ0) is 28.0. The summed E-state index contributed by atoms with van der Waals surface area (Å²) in [5.41, 5.74) is -0.896. The molecule has 2 atom stereocenters. The van der Waals surface area contributed by atoms with Crippen LogP contribution in [0.15, 0.2) is 60.7 Å².